The molecule has 1 aliphatic rings. The summed E-state index contributed by atoms with van der Waals surface area (Å²) in [6.45, 7) is 0. The predicted molar refractivity (Wildman–Crippen MR) is 67.2 cm³/mol. The van der Waals surface area contributed by atoms with Crippen LogP contribution >= 0.6 is 0 Å². The Kier molecular flexibility index (Phi) is 5.10. The second kappa shape index (κ2) is 6.78. The monoisotopic (exact) mass is 315 g/mol. The third-order valence-electron chi connectivity index (χ3n) is 2.10. The number of methoxy groups -OCH3 is 1. The molecular weight excluding hydrogens is 306 g/mol. The lowest BCUT2D eigenvalue weighted by Gasteiger charge is -2.09. The van der Waals surface area contributed by atoms with Crippen molar-refractivity contribution in [2.75, 3.05) is 7.11 Å². The molecule has 4 amide bonds. The average molecular weight is 315 g/mol. The molecule has 1 fully saturated rings. The van der Waals surface area contributed by atoms with E-state index in [1.54, 1.807) is 4.98 Å². The normalized spacial score (nSPS) is 13.4. The van der Waals surface area contributed by atoms with Crippen LogP contribution in [0.25, 0.3) is 0 Å². The van der Waals surface area contributed by atoms with Gasteiger partial charge in [0.25, 0.3) is 5.88 Å². The quantitative estimate of drug-likeness (QED) is 0.266. The molecule has 13 heteroatoms. The van der Waals surface area contributed by atoms with Gasteiger partial charge in [0.15, 0.2) is 0 Å². The first-order chi connectivity index (χ1) is 10.2. The van der Waals surface area contributed by atoms with Gasteiger partial charge in [-0.05, 0) is 0 Å². The first-order valence-electron chi connectivity index (χ1n) is 5.43. The summed E-state index contributed by atoms with van der Waals surface area (Å²) in [6.07, 6.45) is -0.258. The second-order valence-corrected chi connectivity index (χ2v) is 3.65. The summed E-state index contributed by atoms with van der Waals surface area (Å²) in [7, 11) is 1.11. The summed E-state index contributed by atoms with van der Waals surface area (Å²) in [6, 6.07) is -0.740. The van der Waals surface area contributed by atoms with E-state index < -0.39 is 45.6 Å². The van der Waals surface area contributed by atoms with E-state index in [9.17, 15) is 34.1 Å². The fourth-order valence-electron chi connectivity index (χ4n) is 1.29. The van der Waals surface area contributed by atoms with Gasteiger partial charge in [0, 0.05) is 0 Å². The minimum absolute atomic E-state index is 0.258. The Morgan fingerprint density at radius 1 is 1.05 bits per heavy atom. The number of ether oxygens (including phenoxy) is 1. The van der Waals surface area contributed by atoms with Crippen molar-refractivity contribution in [2.24, 2.45) is 0 Å². The van der Waals surface area contributed by atoms with Gasteiger partial charge in [0.2, 0.25) is 11.8 Å². The number of H-pyrrole nitrogens is 2. The van der Waals surface area contributed by atoms with Gasteiger partial charge in [-0.15, -0.1) is 0 Å². The molecular formula is C9H9N5O8. The number of carbonyl (C=O) groups excluding carboxylic acids is 3. The van der Waals surface area contributed by atoms with Gasteiger partial charge in [0.05, 0.1) is 12.0 Å². The Hall–Kier alpha value is -3.51. The highest BCUT2D eigenvalue weighted by atomic mass is 16.6. The molecule has 4 N–H and O–H groups in total. The number of urea groups is 1. The highest BCUT2D eigenvalue weighted by Crippen LogP contribution is 2.14. The molecule has 0 atom stereocenters. The standard InChI is InChI=1S/C5H5N3O5.C4H4N2O3/c1-13-4-2(8(11)12)3(9)6-5(10)7-4;7-2-1-3(8)6-4(9)5-2/h1H3,(H2,6,7,9,10);1H2,(H2,5,6,7,8,9). The number of amides is 4. The van der Waals surface area contributed by atoms with Gasteiger partial charge < -0.3 is 4.74 Å². The summed E-state index contributed by atoms with van der Waals surface area (Å²) in [4.78, 5) is 65.3. The zero-order chi connectivity index (χ0) is 16.9. The molecule has 0 spiro atoms. The van der Waals surface area contributed by atoms with Crippen LogP contribution in [-0.2, 0) is 9.59 Å². The molecule has 22 heavy (non-hydrogen) atoms. The molecule has 1 aromatic heterocycles. The van der Waals surface area contributed by atoms with Crippen LogP contribution in [0, 0.1) is 10.1 Å². The van der Waals surface area contributed by atoms with Crippen molar-refractivity contribution >= 4 is 23.5 Å². The summed E-state index contributed by atoms with van der Waals surface area (Å²) >= 11 is 0. The number of rotatable bonds is 2. The Bertz CT molecular complexity index is 702. The van der Waals surface area contributed by atoms with Crippen molar-refractivity contribution in [3.63, 3.8) is 0 Å². The molecule has 1 saturated heterocycles. The molecule has 13 nitrogen and oxygen atoms in total. The number of carbonyl (C=O) groups is 3. The van der Waals surface area contributed by atoms with Crippen molar-refractivity contribution in [3.8, 4) is 5.88 Å². The Labute approximate surface area is 119 Å². The zero-order valence-corrected chi connectivity index (χ0v) is 10.9. The number of aromatic amines is 2. The number of imide groups is 2. The maximum atomic E-state index is 10.9. The molecule has 0 bridgehead atoms. The van der Waals surface area contributed by atoms with E-state index in [1.165, 1.54) is 0 Å². The average Bonchev–Trinajstić information content (AvgIpc) is 2.35. The minimum atomic E-state index is -1.09. The van der Waals surface area contributed by atoms with Crippen molar-refractivity contribution < 1.29 is 24.0 Å². The van der Waals surface area contributed by atoms with Crippen LogP contribution in [-0.4, -0.2) is 39.8 Å². The lowest BCUT2D eigenvalue weighted by Crippen LogP contribution is -2.49. The number of nitrogens with zero attached hydrogens (tertiary/aromatic N) is 1. The maximum Gasteiger partial charge on any atom is 0.393 e. The topological polar surface area (TPSA) is 193 Å². The summed E-state index contributed by atoms with van der Waals surface area (Å²) in [5.74, 6) is -1.56. The third-order valence-corrected chi connectivity index (χ3v) is 2.10. The predicted octanol–water partition coefficient (Wildman–Crippen LogP) is -2.28. The fourth-order valence-corrected chi connectivity index (χ4v) is 1.29. The lowest BCUT2D eigenvalue weighted by atomic mass is 10.3. The molecule has 0 radical (unpaired) electrons. The molecule has 1 aromatic rings. The third kappa shape index (κ3) is 4.26. The Balaban J connectivity index is 0.000000235. The molecule has 0 aromatic carbocycles. The van der Waals surface area contributed by atoms with Gasteiger partial charge in [-0.1, -0.05) is 0 Å². The fraction of sp³-hybridized carbons (Fsp3) is 0.222. The van der Waals surface area contributed by atoms with Crippen LogP contribution in [0.4, 0.5) is 10.5 Å². The molecule has 118 valence electrons. The van der Waals surface area contributed by atoms with Crippen LogP contribution in [0.5, 0.6) is 5.88 Å². The van der Waals surface area contributed by atoms with Crippen molar-refractivity contribution in [2.45, 2.75) is 6.42 Å². The Morgan fingerprint density at radius 2 is 1.59 bits per heavy atom. The molecule has 2 rings (SSSR count). The number of nitrogens with one attached hydrogen (secondary N) is 4. The van der Waals surface area contributed by atoms with E-state index in [0.29, 0.717) is 0 Å². The van der Waals surface area contributed by atoms with E-state index in [4.69, 9.17) is 0 Å². The van der Waals surface area contributed by atoms with Gasteiger partial charge in [-0.25, -0.2) is 9.59 Å². The van der Waals surface area contributed by atoms with Crippen LogP contribution in [0.3, 0.4) is 0 Å². The number of aromatic nitrogens is 2. The highest BCUT2D eigenvalue weighted by Gasteiger charge is 2.21. The van der Waals surface area contributed by atoms with Gasteiger partial charge in [-0.3, -0.25) is 45.1 Å². The van der Waals surface area contributed by atoms with E-state index in [0.717, 1.165) is 7.11 Å². The smallest absolute Gasteiger partial charge is 0.393 e. The van der Waals surface area contributed by atoms with E-state index in [-0.39, 0.29) is 6.42 Å². The number of barbiturate groups is 1. The van der Waals surface area contributed by atoms with Gasteiger partial charge in [-0.2, -0.15) is 0 Å². The number of nitro groups is 1. The van der Waals surface area contributed by atoms with Crippen LogP contribution < -0.4 is 26.6 Å². The maximum absolute atomic E-state index is 10.9. The SMILES string of the molecule is COc1[nH]c(=O)[nH]c(=O)c1[N+](=O)[O-].O=C1CC(=O)NC(=O)N1. The van der Waals surface area contributed by atoms with E-state index in [2.05, 4.69) is 4.74 Å². The highest BCUT2D eigenvalue weighted by molar-refractivity contribution is 6.14. The van der Waals surface area contributed by atoms with Gasteiger partial charge in [0.1, 0.15) is 6.42 Å². The largest absolute Gasteiger partial charge is 0.477 e. The summed E-state index contributed by atoms with van der Waals surface area (Å²) in [5.41, 5.74) is -2.76. The molecule has 1 aliphatic heterocycles. The lowest BCUT2D eigenvalue weighted by molar-refractivity contribution is -0.387. The number of hydrogen-bond acceptors (Lipinski definition) is 8. The van der Waals surface area contributed by atoms with Crippen LogP contribution in [0.1, 0.15) is 6.42 Å². The van der Waals surface area contributed by atoms with Gasteiger partial charge >= 0.3 is 23.0 Å². The molecule has 0 saturated carbocycles. The van der Waals surface area contributed by atoms with E-state index >= 15 is 0 Å². The Morgan fingerprint density at radius 3 is 2.00 bits per heavy atom. The van der Waals surface area contributed by atoms with Crippen molar-refractivity contribution in [1.29, 1.82) is 0 Å². The van der Waals surface area contributed by atoms with Crippen LogP contribution in [0.2, 0.25) is 0 Å². The molecule has 2 heterocycles. The summed E-state index contributed by atoms with van der Waals surface area (Å²) in [5, 5.41) is 14.1. The van der Waals surface area contributed by atoms with E-state index in [1.807, 2.05) is 15.6 Å². The molecule has 0 unspecified atom stereocenters. The van der Waals surface area contributed by atoms with Crippen LogP contribution in [0.15, 0.2) is 9.59 Å². The minimum Gasteiger partial charge on any atom is -0.477 e. The zero-order valence-electron chi connectivity index (χ0n) is 10.9. The number of hydrogen-bond donors (Lipinski definition) is 4. The van der Waals surface area contributed by atoms with Crippen molar-refractivity contribution in [3.05, 3.63) is 31.0 Å². The summed E-state index contributed by atoms with van der Waals surface area (Å²) < 4.78 is 4.45. The molecule has 0 aliphatic carbocycles. The van der Waals surface area contributed by atoms with Crippen molar-refractivity contribution in [1.82, 2.24) is 20.6 Å². The second-order valence-electron chi connectivity index (χ2n) is 3.65. The first kappa shape index (κ1) is 16.5. The first-order valence-corrected chi connectivity index (χ1v) is 5.43.